The number of hydrogen-bond acceptors (Lipinski definition) is 3. The molecule has 0 aromatic rings. The highest BCUT2D eigenvalue weighted by atomic mass is 16.2. The summed E-state index contributed by atoms with van der Waals surface area (Å²) in [5, 5.41) is 0. The Balaban J connectivity index is 2.43. The molecule has 1 rings (SSSR count). The van der Waals surface area contributed by atoms with Crippen LogP contribution in [0.25, 0.3) is 0 Å². The Kier molecular flexibility index (Phi) is 5.40. The molecule has 0 aromatic carbocycles. The van der Waals surface area contributed by atoms with Gasteiger partial charge in [0.05, 0.1) is 6.54 Å². The molecule has 0 saturated carbocycles. The molecule has 0 radical (unpaired) electrons. The highest BCUT2D eigenvalue weighted by molar-refractivity contribution is 5.78. The van der Waals surface area contributed by atoms with Crippen molar-refractivity contribution in [2.75, 3.05) is 39.3 Å². The number of amides is 1. The minimum atomic E-state index is 0.0846. The van der Waals surface area contributed by atoms with E-state index in [1.165, 1.54) is 0 Å². The third kappa shape index (κ3) is 4.64. The number of nitrogens with two attached hydrogens (primary N) is 1. The normalized spacial score (nSPS) is 16.9. The molecule has 0 atom stereocenters. The van der Waals surface area contributed by atoms with Crippen molar-refractivity contribution in [2.45, 2.75) is 33.6 Å². The molecule has 4 heteroatoms. The van der Waals surface area contributed by atoms with Crippen LogP contribution in [0.15, 0.2) is 0 Å². The van der Waals surface area contributed by atoms with Gasteiger partial charge < -0.3 is 10.6 Å². The van der Waals surface area contributed by atoms with Crippen molar-refractivity contribution in [3.05, 3.63) is 0 Å². The monoisotopic (exact) mass is 241 g/mol. The van der Waals surface area contributed by atoms with E-state index in [2.05, 4.69) is 25.7 Å². The lowest BCUT2D eigenvalue weighted by Gasteiger charge is -2.31. The lowest BCUT2D eigenvalue weighted by molar-refractivity contribution is -0.131. The van der Waals surface area contributed by atoms with Crippen molar-refractivity contribution in [2.24, 2.45) is 11.1 Å². The van der Waals surface area contributed by atoms with Gasteiger partial charge in [0, 0.05) is 19.6 Å². The maximum atomic E-state index is 12.0. The van der Waals surface area contributed by atoms with Crippen molar-refractivity contribution in [3.8, 4) is 0 Å². The molecular weight excluding hydrogens is 214 g/mol. The fourth-order valence-electron chi connectivity index (χ4n) is 2.21. The Morgan fingerprint density at radius 1 is 1.35 bits per heavy atom. The van der Waals surface area contributed by atoms with E-state index < -0.39 is 0 Å². The molecule has 1 saturated heterocycles. The summed E-state index contributed by atoms with van der Waals surface area (Å²) in [6, 6.07) is 0. The van der Waals surface area contributed by atoms with Crippen molar-refractivity contribution >= 4 is 5.91 Å². The van der Waals surface area contributed by atoms with Crippen LogP contribution in [0.5, 0.6) is 0 Å². The van der Waals surface area contributed by atoms with E-state index in [0.717, 1.165) is 39.0 Å². The Morgan fingerprint density at radius 2 is 1.94 bits per heavy atom. The summed E-state index contributed by atoms with van der Waals surface area (Å²) in [7, 11) is 0. The zero-order chi connectivity index (χ0) is 12.9. The largest absolute Gasteiger partial charge is 0.342 e. The second-order valence-corrected chi connectivity index (χ2v) is 5.76. The van der Waals surface area contributed by atoms with Crippen LogP contribution in [0, 0.1) is 5.41 Å². The van der Waals surface area contributed by atoms with E-state index in [1.54, 1.807) is 0 Å². The third-order valence-corrected chi connectivity index (χ3v) is 3.47. The Morgan fingerprint density at radius 3 is 2.41 bits per heavy atom. The van der Waals surface area contributed by atoms with Crippen LogP contribution in [-0.4, -0.2) is 55.0 Å². The zero-order valence-corrected chi connectivity index (χ0v) is 11.5. The van der Waals surface area contributed by atoms with Crippen molar-refractivity contribution in [1.82, 2.24) is 9.80 Å². The van der Waals surface area contributed by atoms with Crippen LogP contribution in [-0.2, 0) is 4.79 Å². The average Bonchev–Trinajstić information content (AvgIpc) is 2.81. The van der Waals surface area contributed by atoms with Gasteiger partial charge in [0.1, 0.15) is 0 Å². The van der Waals surface area contributed by atoms with Crippen LogP contribution in [0.1, 0.15) is 33.6 Å². The standard InChI is InChI=1S/C13H27N3O/c1-4-15(11-13(2,3)10-14)9-12(17)16-7-5-6-8-16/h4-11,14H2,1-3H3. The first-order valence-corrected chi connectivity index (χ1v) is 6.68. The smallest absolute Gasteiger partial charge is 0.236 e. The quantitative estimate of drug-likeness (QED) is 0.752. The van der Waals surface area contributed by atoms with E-state index in [4.69, 9.17) is 5.73 Å². The van der Waals surface area contributed by atoms with Gasteiger partial charge in [-0.25, -0.2) is 0 Å². The molecule has 2 N–H and O–H groups in total. The number of hydrogen-bond donors (Lipinski definition) is 1. The predicted octanol–water partition coefficient (Wildman–Crippen LogP) is 0.916. The van der Waals surface area contributed by atoms with E-state index in [1.807, 2.05) is 4.90 Å². The van der Waals surface area contributed by atoms with E-state index in [9.17, 15) is 4.79 Å². The summed E-state index contributed by atoms with van der Waals surface area (Å²) in [5.74, 6) is 0.275. The van der Waals surface area contributed by atoms with E-state index in [-0.39, 0.29) is 11.3 Å². The molecule has 1 heterocycles. The van der Waals surface area contributed by atoms with Crippen LogP contribution >= 0.6 is 0 Å². The second-order valence-electron chi connectivity index (χ2n) is 5.76. The molecule has 17 heavy (non-hydrogen) atoms. The molecule has 0 bridgehead atoms. The molecule has 1 aliphatic heterocycles. The third-order valence-electron chi connectivity index (χ3n) is 3.47. The number of nitrogens with zero attached hydrogens (tertiary/aromatic N) is 2. The number of carbonyl (C=O) groups excluding carboxylic acids is 1. The van der Waals surface area contributed by atoms with Crippen molar-refractivity contribution < 1.29 is 4.79 Å². The van der Waals surface area contributed by atoms with Gasteiger partial charge in [0.25, 0.3) is 0 Å². The first kappa shape index (κ1) is 14.5. The Bertz CT molecular complexity index is 247. The zero-order valence-electron chi connectivity index (χ0n) is 11.5. The highest BCUT2D eigenvalue weighted by Crippen LogP contribution is 2.15. The molecule has 0 spiro atoms. The maximum Gasteiger partial charge on any atom is 0.236 e. The van der Waals surface area contributed by atoms with Crippen LogP contribution in [0.4, 0.5) is 0 Å². The fraction of sp³-hybridized carbons (Fsp3) is 0.923. The van der Waals surface area contributed by atoms with Crippen LogP contribution in [0.3, 0.4) is 0 Å². The van der Waals surface area contributed by atoms with Gasteiger partial charge in [-0.3, -0.25) is 9.69 Å². The minimum Gasteiger partial charge on any atom is -0.342 e. The van der Waals surface area contributed by atoms with Gasteiger partial charge >= 0.3 is 0 Å². The van der Waals surface area contributed by atoms with Gasteiger partial charge in [-0.2, -0.15) is 0 Å². The Hall–Kier alpha value is -0.610. The van der Waals surface area contributed by atoms with Crippen LogP contribution < -0.4 is 5.73 Å². The lowest BCUT2D eigenvalue weighted by atomic mass is 9.93. The minimum absolute atomic E-state index is 0.0846. The van der Waals surface area contributed by atoms with E-state index >= 15 is 0 Å². The summed E-state index contributed by atoms with van der Waals surface area (Å²) < 4.78 is 0. The topological polar surface area (TPSA) is 49.6 Å². The molecule has 4 nitrogen and oxygen atoms in total. The summed E-state index contributed by atoms with van der Waals surface area (Å²) in [4.78, 5) is 16.2. The lowest BCUT2D eigenvalue weighted by Crippen LogP contribution is -2.44. The van der Waals surface area contributed by atoms with Gasteiger partial charge in [0.2, 0.25) is 5.91 Å². The molecule has 1 amide bonds. The van der Waals surface area contributed by atoms with Gasteiger partial charge in [-0.15, -0.1) is 0 Å². The second kappa shape index (κ2) is 6.36. The first-order valence-electron chi connectivity index (χ1n) is 6.68. The molecule has 0 aliphatic carbocycles. The molecular formula is C13H27N3O. The average molecular weight is 241 g/mol. The summed E-state index contributed by atoms with van der Waals surface area (Å²) >= 11 is 0. The summed E-state index contributed by atoms with van der Waals surface area (Å²) in [6.07, 6.45) is 2.32. The molecule has 1 fully saturated rings. The number of likely N-dealkylation sites (N-methyl/N-ethyl adjacent to an activating group) is 1. The molecule has 0 unspecified atom stereocenters. The SMILES string of the molecule is CCN(CC(=O)N1CCCC1)CC(C)(C)CN. The number of likely N-dealkylation sites (tertiary alicyclic amines) is 1. The van der Waals surface area contributed by atoms with Gasteiger partial charge in [0.15, 0.2) is 0 Å². The summed E-state index contributed by atoms with van der Waals surface area (Å²) in [5.41, 5.74) is 5.82. The fourth-order valence-corrected chi connectivity index (χ4v) is 2.21. The summed E-state index contributed by atoms with van der Waals surface area (Å²) in [6.45, 7) is 11.3. The molecule has 0 aromatic heterocycles. The van der Waals surface area contributed by atoms with Crippen LogP contribution in [0.2, 0.25) is 0 Å². The van der Waals surface area contributed by atoms with Crippen molar-refractivity contribution in [1.29, 1.82) is 0 Å². The highest BCUT2D eigenvalue weighted by Gasteiger charge is 2.24. The van der Waals surface area contributed by atoms with E-state index in [0.29, 0.717) is 13.1 Å². The molecule has 100 valence electrons. The van der Waals surface area contributed by atoms with Gasteiger partial charge in [-0.1, -0.05) is 20.8 Å². The first-order chi connectivity index (χ1) is 7.98. The van der Waals surface area contributed by atoms with Gasteiger partial charge in [-0.05, 0) is 31.3 Å². The van der Waals surface area contributed by atoms with Crippen molar-refractivity contribution in [3.63, 3.8) is 0 Å². The Labute approximate surface area is 105 Å². The number of rotatable bonds is 6. The number of carbonyl (C=O) groups is 1. The molecule has 1 aliphatic rings. The predicted molar refractivity (Wildman–Crippen MR) is 70.8 cm³/mol. The maximum absolute atomic E-state index is 12.0.